The van der Waals surface area contributed by atoms with Gasteiger partial charge in [0.1, 0.15) is 5.75 Å². The summed E-state index contributed by atoms with van der Waals surface area (Å²) in [5, 5.41) is 0. The molecule has 0 aliphatic heterocycles. The van der Waals surface area contributed by atoms with E-state index < -0.39 is 0 Å². The van der Waals surface area contributed by atoms with Crippen molar-refractivity contribution >= 4 is 5.78 Å². The van der Waals surface area contributed by atoms with Crippen LogP contribution in [0.25, 0.3) is 0 Å². The molecule has 0 atom stereocenters. The molecule has 0 saturated heterocycles. The Kier molecular flexibility index (Phi) is 4.62. The minimum absolute atomic E-state index is 0.0975. The Morgan fingerprint density at radius 1 is 1.16 bits per heavy atom. The molecule has 2 nitrogen and oxygen atoms in total. The largest absolute Gasteiger partial charge is 0.490 e. The Morgan fingerprint density at radius 3 is 2.42 bits per heavy atom. The van der Waals surface area contributed by atoms with Crippen LogP contribution in [0.15, 0.2) is 24.3 Å². The highest BCUT2D eigenvalue weighted by Gasteiger charge is 2.27. The van der Waals surface area contributed by atoms with Crippen molar-refractivity contribution in [3.63, 3.8) is 0 Å². The molecule has 0 radical (unpaired) electrons. The SMILES string of the molecule is CC1CCC(C(=O)c2ccccc2OC(C)C)CC1. The van der Waals surface area contributed by atoms with E-state index in [9.17, 15) is 4.79 Å². The van der Waals surface area contributed by atoms with Crippen molar-refractivity contribution in [2.24, 2.45) is 11.8 Å². The van der Waals surface area contributed by atoms with E-state index in [1.165, 1.54) is 12.8 Å². The maximum atomic E-state index is 12.6. The van der Waals surface area contributed by atoms with Crippen molar-refractivity contribution in [3.05, 3.63) is 29.8 Å². The molecular formula is C17H24O2. The van der Waals surface area contributed by atoms with Crippen LogP contribution in [0.2, 0.25) is 0 Å². The van der Waals surface area contributed by atoms with Crippen LogP contribution in [0.1, 0.15) is 56.8 Å². The van der Waals surface area contributed by atoms with Crippen LogP contribution >= 0.6 is 0 Å². The number of benzene rings is 1. The number of ketones is 1. The van der Waals surface area contributed by atoms with E-state index in [4.69, 9.17) is 4.74 Å². The molecule has 0 spiro atoms. The molecule has 1 aromatic rings. The van der Waals surface area contributed by atoms with Gasteiger partial charge < -0.3 is 4.74 Å². The number of rotatable bonds is 4. The lowest BCUT2D eigenvalue weighted by Crippen LogP contribution is -2.22. The summed E-state index contributed by atoms with van der Waals surface area (Å²) in [4.78, 5) is 12.6. The summed E-state index contributed by atoms with van der Waals surface area (Å²) in [5.74, 6) is 1.96. The lowest BCUT2D eigenvalue weighted by molar-refractivity contribution is 0.0870. The van der Waals surface area contributed by atoms with Crippen molar-refractivity contribution in [2.75, 3.05) is 0 Å². The summed E-state index contributed by atoms with van der Waals surface area (Å²) in [6.45, 7) is 6.25. The van der Waals surface area contributed by atoms with Crippen LogP contribution < -0.4 is 4.74 Å². The molecule has 0 amide bonds. The number of hydrogen-bond donors (Lipinski definition) is 0. The smallest absolute Gasteiger partial charge is 0.169 e. The monoisotopic (exact) mass is 260 g/mol. The maximum Gasteiger partial charge on any atom is 0.169 e. The lowest BCUT2D eigenvalue weighted by atomic mass is 9.79. The first kappa shape index (κ1) is 14.1. The van der Waals surface area contributed by atoms with Gasteiger partial charge in [0.2, 0.25) is 0 Å². The summed E-state index contributed by atoms with van der Waals surface area (Å²) >= 11 is 0. The summed E-state index contributed by atoms with van der Waals surface area (Å²) in [6.07, 6.45) is 4.49. The summed E-state index contributed by atoms with van der Waals surface area (Å²) in [7, 11) is 0. The zero-order chi connectivity index (χ0) is 13.8. The Morgan fingerprint density at radius 2 is 1.79 bits per heavy atom. The van der Waals surface area contributed by atoms with Crippen molar-refractivity contribution in [3.8, 4) is 5.75 Å². The van der Waals surface area contributed by atoms with Gasteiger partial charge in [-0.15, -0.1) is 0 Å². The molecule has 0 unspecified atom stereocenters. The fourth-order valence-corrected chi connectivity index (χ4v) is 2.77. The first-order chi connectivity index (χ1) is 9.08. The van der Waals surface area contributed by atoms with E-state index in [0.29, 0.717) is 0 Å². The number of para-hydroxylation sites is 1. The lowest BCUT2D eigenvalue weighted by Gasteiger charge is -2.25. The molecule has 1 aliphatic carbocycles. The minimum atomic E-state index is 0.0975. The van der Waals surface area contributed by atoms with Gasteiger partial charge in [-0.05, 0) is 44.7 Å². The van der Waals surface area contributed by atoms with Gasteiger partial charge in [-0.1, -0.05) is 31.9 Å². The van der Waals surface area contributed by atoms with Gasteiger partial charge in [0, 0.05) is 5.92 Å². The Bertz CT molecular complexity index is 429. The molecular weight excluding hydrogens is 236 g/mol. The van der Waals surface area contributed by atoms with Crippen molar-refractivity contribution in [1.82, 2.24) is 0 Å². The van der Waals surface area contributed by atoms with Gasteiger partial charge in [0.05, 0.1) is 11.7 Å². The second-order valence-electron chi connectivity index (χ2n) is 5.98. The van der Waals surface area contributed by atoms with Gasteiger partial charge in [-0.25, -0.2) is 0 Å². The molecule has 2 rings (SSSR count). The average molecular weight is 260 g/mol. The Labute approximate surface area is 116 Å². The predicted molar refractivity (Wildman–Crippen MR) is 77.7 cm³/mol. The third kappa shape index (κ3) is 3.59. The first-order valence-electron chi connectivity index (χ1n) is 7.38. The quantitative estimate of drug-likeness (QED) is 0.746. The van der Waals surface area contributed by atoms with E-state index in [2.05, 4.69) is 6.92 Å². The van der Waals surface area contributed by atoms with E-state index in [1.54, 1.807) is 0 Å². The standard InChI is InChI=1S/C17H24O2/c1-12(2)19-16-7-5-4-6-15(16)17(18)14-10-8-13(3)9-11-14/h4-7,12-14H,8-11H2,1-3H3. The van der Waals surface area contributed by atoms with E-state index in [-0.39, 0.29) is 17.8 Å². The van der Waals surface area contributed by atoms with E-state index in [0.717, 1.165) is 30.1 Å². The fourth-order valence-electron chi connectivity index (χ4n) is 2.77. The molecule has 0 N–H and O–H groups in total. The number of Topliss-reactive ketones (excluding diaryl/α,β-unsaturated/α-hetero) is 1. The number of carbonyl (C=O) groups excluding carboxylic acids is 1. The fraction of sp³-hybridized carbons (Fsp3) is 0.588. The highest BCUT2D eigenvalue weighted by molar-refractivity contribution is 6.00. The number of hydrogen-bond acceptors (Lipinski definition) is 2. The van der Waals surface area contributed by atoms with Crippen LogP contribution in [0.5, 0.6) is 5.75 Å². The molecule has 1 saturated carbocycles. The molecule has 1 aliphatic rings. The molecule has 0 aromatic heterocycles. The van der Waals surface area contributed by atoms with E-state index >= 15 is 0 Å². The van der Waals surface area contributed by atoms with Gasteiger partial charge in [-0.2, -0.15) is 0 Å². The number of carbonyl (C=O) groups is 1. The first-order valence-corrected chi connectivity index (χ1v) is 7.38. The second-order valence-corrected chi connectivity index (χ2v) is 5.98. The molecule has 0 bridgehead atoms. The van der Waals surface area contributed by atoms with Crippen molar-refractivity contribution in [2.45, 2.75) is 52.6 Å². The van der Waals surface area contributed by atoms with Crippen LogP contribution in [-0.4, -0.2) is 11.9 Å². The topological polar surface area (TPSA) is 26.3 Å². The maximum absolute atomic E-state index is 12.6. The van der Waals surface area contributed by atoms with Crippen LogP contribution in [0, 0.1) is 11.8 Å². The van der Waals surface area contributed by atoms with Crippen LogP contribution in [0.3, 0.4) is 0 Å². The molecule has 19 heavy (non-hydrogen) atoms. The molecule has 1 aromatic carbocycles. The number of ether oxygens (including phenoxy) is 1. The predicted octanol–water partition coefficient (Wildman–Crippen LogP) is 4.48. The third-order valence-electron chi connectivity index (χ3n) is 3.90. The van der Waals surface area contributed by atoms with Crippen LogP contribution in [-0.2, 0) is 0 Å². The molecule has 2 heteroatoms. The van der Waals surface area contributed by atoms with E-state index in [1.807, 2.05) is 38.1 Å². The molecule has 0 heterocycles. The Balaban J connectivity index is 2.14. The molecule has 1 fully saturated rings. The van der Waals surface area contributed by atoms with Gasteiger partial charge in [0.25, 0.3) is 0 Å². The third-order valence-corrected chi connectivity index (χ3v) is 3.90. The molecule has 104 valence electrons. The zero-order valence-corrected chi connectivity index (χ0v) is 12.2. The summed E-state index contributed by atoms with van der Waals surface area (Å²) < 4.78 is 5.76. The summed E-state index contributed by atoms with van der Waals surface area (Å²) in [6, 6.07) is 7.65. The van der Waals surface area contributed by atoms with Gasteiger partial charge in [-0.3, -0.25) is 4.79 Å². The van der Waals surface area contributed by atoms with Crippen LogP contribution in [0.4, 0.5) is 0 Å². The average Bonchev–Trinajstić information content (AvgIpc) is 2.39. The highest BCUT2D eigenvalue weighted by Crippen LogP contribution is 2.32. The Hall–Kier alpha value is -1.31. The van der Waals surface area contributed by atoms with Crippen molar-refractivity contribution < 1.29 is 9.53 Å². The zero-order valence-electron chi connectivity index (χ0n) is 12.2. The van der Waals surface area contributed by atoms with Gasteiger partial charge >= 0.3 is 0 Å². The summed E-state index contributed by atoms with van der Waals surface area (Å²) in [5.41, 5.74) is 0.760. The second kappa shape index (κ2) is 6.23. The van der Waals surface area contributed by atoms with Gasteiger partial charge in [0.15, 0.2) is 5.78 Å². The minimum Gasteiger partial charge on any atom is -0.490 e. The van der Waals surface area contributed by atoms with Crippen molar-refractivity contribution in [1.29, 1.82) is 0 Å². The normalized spacial score (nSPS) is 23.4. The highest BCUT2D eigenvalue weighted by atomic mass is 16.5.